The Morgan fingerprint density at radius 2 is 0.971 bits per heavy atom. The van der Waals surface area contributed by atoms with Crippen molar-refractivity contribution >= 4 is 12.1 Å². The predicted octanol–water partition coefficient (Wildman–Crippen LogP) is 8.60. The van der Waals surface area contributed by atoms with Crippen LogP contribution in [0.2, 0.25) is 0 Å². The second-order valence-corrected chi connectivity index (χ2v) is 15.8. The Balaban J connectivity index is 1.66. The number of imide groups is 2. The summed E-state index contributed by atoms with van der Waals surface area (Å²) in [6.45, 7) is 24.5. The van der Waals surface area contributed by atoms with E-state index in [2.05, 4.69) is 69.2 Å². The molecule has 0 aromatic rings. The van der Waals surface area contributed by atoms with Crippen molar-refractivity contribution in [3.05, 3.63) is 0 Å². The third-order valence-corrected chi connectivity index (χ3v) is 8.67. The summed E-state index contributed by atoms with van der Waals surface area (Å²) in [5.74, 6) is 2.73. The van der Waals surface area contributed by atoms with Gasteiger partial charge in [0, 0.05) is 13.1 Å². The van der Waals surface area contributed by atoms with Crippen molar-refractivity contribution in [2.45, 2.75) is 121 Å². The first-order chi connectivity index (χ1) is 15.4. The molecule has 0 N–H and O–H groups in total. The van der Waals surface area contributed by atoms with E-state index in [0.29, 0.717) is 36.8 Å². The number of carbonyl (C=O) groups excluding carboxylic acids is 2. The van der Waals surface area contributed by atoms with Crippen molar-refractivity contribution in [1.82, 2.24) is 9.80 Å². The van der Waals surface area contributed by atoms with Crippen LogP contribution < -0.4 is 0 Å². The Morgan fingerprint density at radius 1 is 0.647 bits per heavy atom. The van der Waals surface area contributed by atoms with E-state index in [1.165, 1.54) is 25.7 Å². The Bertz CT molecular complexity index is 694. The fraction of sp³-hybridized carbons (Fsp3) is 0.933. The van der Waals surface area contributed by atoms with Gasteiger partial charge in [-0.15, -0.1) is 0 Å². The molecular formula is C30H54N2O2. The number of rotatable bonds is 8. The first-order valence-corrected chi connectivity index (χ1v) is 14.0. The molecule has 3 fully saturated rings. The van der Waals surface area contributed by atoms with E-state index in [1.54, 1.807) is 9.80 Å². The van der Waals surface area contributed by atoms with Crippen molar-refractivity contribution in [2.24, 2.45) is 45.3 Å². The molecule has 1 heterocycles. The minimum atomic E-state index is -0.0555. The lowest BCUT2D eigenvalue weighted by molar-refractivity contribution is -0.00379. The molecule has 1 saturated heterocycles. The van der Waals surface area contributed by atoms with E-state index in [1.807, 2.05) is 0 Å². The number of nitrogens with zero attached hydrogens (tertiary/aromatic N) is 2. The maximum atomic E-state index is 13.3. The quantitative estimate of drug-likeness (QED) is 0.353. The molecule has 4 atom stereocenters. The molecule has 0 aromatic heterocycles. The highest BCUT2D eigenvalue weighted by Gasteiger charge is 2.52. The first kappa shape index (κ1) is 27.5. The van der Waals surface area contributed by atoms with Gasteiger partial charge in [-0.1, -0.05) is 69.2 Å². The van der Waals surface area contributed by atoms with Crippen LogP contribution in [0.25, 0.3) is 0 Å². The lowest BCUT2D eigenvalue weighted by Crippen LogP contribution is -2.68. The zero-order valence-electron chi connectivity index (χ0n) is 24.1. The van der Waals surface area contributed by atoms with Gasteiger partial charge in [0.1, 0.15) is 0 Å². The molecule has 4 heteroatoms. The van der Waals surface area contributed by atoms with Crippen LogP contribution in [0.4, 0.5) is 9.59 Å². The standard InChI is InChI=1S/C30H54N2O2/c1-21(2)11-23-13-27(5,6)17-29(9,15-23)19-31-25(33)32(26(31)34)20-30(10)16-24(12-22(3)4)14-28(7,8)18-30/h21-24H,11-20H2,1-10H3. The summed E-state index contributed by atoms with van der Waals surface area (Å²) in [7, 11) is 0. The number of carbonyl (C=O) groups is 2. The molecular weight excluding hydrogens is 420 g/mol. The summed E-state index contributed by atoms with van der Waals surface area (Å²) in [4.78, 5) is 29.7. The van der Waals surface area contributed by atoms with Gasteiger partial charge < -0.3 is 0 Å². The van der Waals surface area contributed by atoms with Crippen molar-refractivity contribution in [2.75, 3.05) is 13.1 Å². The first-order valence-electron chi connectivity index (χ1n) is 14.0. The molecule has 3 rings (SSSR count). The summed E-state index contributed by atoms with van der Waals surface area (Å²) in [5.41, 5.74) is 0.543. The van der Waals surface area contributed by atoms with Crippen LogP contribution in [0.1, 0.15) is 121 Å². The molecule has 1 aliphatic heterocycles. The SMILES string of the molecule is CC(C)CC1CC(C)(C)CC(C)(CN2C(=O)N(CC3(C)CC(CC(C)C)CC(C)(C)C3)C2=O)C1. The topological polar surface area (TPSA) is 40.6 Å². The molecule has 4 unspecified atom stereocenters. The smallest absolute Gasteiger partial charge is 0.247 e. The zero-order valence-corrected chi connectivity index (χ0v) is 24.1. The highest BCUT2D eigenvalue weighted by molar-refractivity contribution is 6.11. The maximum Gasteiger partial charge on any atom is 0.336 e. The average Bonchev–Trinajstić information content (AvgIpc) is 2.59. The number of urea groups is 2. The third kappa shape index (κ3) is 6.58. The maximum absolute atomic E-state index is 13.3. The summed E-state index contributed by atoms with van der Waals surface area (Å²) < 4.78 is 0. The fourth-order valence-electron chi connectivity index (χ4n) is 9.05. The minimum absolute atomic E-state index is 0.0117. The Kier molecular flexibility index (Phi) is 7.64. The van der Waals surface area contributed by atoms with E-state index >= 15 is 0 Å². The lowest BCUT2D eigenvalue weighted by Gasteiger charge is -2.53. The van der Waals surface area contributed by atoms with Gasteiger partial charge in [0.2, 0.25) is 0 Å². The summed E-state index contributed by atoms with van der Waals surface area (Å²) in [5, 5.41) is 0. The van der Waals surface area contributed by atoms with Crippen LogP contribution in [-0.4, -0.2) is 35.0 Å². The Labute approximate surface area is 210 Å². The molecule has 34 heavy (non-hydrogen) atoms. The normalized spacial score (nSPS) is 35.8. The minimum Gasteiger partial charge on any atom is -0.247 e. The van der Waals surface area contributed by atoms with Gasteiger partial charge in [0.05, 0.1) is 0 Å². The highest BCUT2D eigenvalue weighted by Crippen LogP contribution is 2.53. The molecule has 196 valence electrons. The van der Waals surface area contributed by atoms with Crippen LogP contribution in [-0.2, 0) is 0 Å². The zero-order chi connectivity index (χ0) is 25.7. The molecule has 3 aliphatic rings. The van der Waals surface area contributed by atoms with Gasteiger partial charge in [-0.05, 0) is 96.7 Å². The molecule has 0 aromatic carbocycles. The number of amides is 4. The second-order valence-electron chi connectivity index (χ2n) is 15.8. The third-order valence-electron chi connectivity index (χ3n) is 8.67. The van der Waals surface area contributed by atoms with E-state index in [9.17, 15) is 9.59 Å². The van der Waals surface area contributed by atoms with Gasteiger partial charge in [0.15, 0.2) is 0 Å². The lowest BCUT2D eigenvalue weighted by atomic mass is 9.59. The summed E-state index contributed by atoms with van der Waals surface area (Å²) in [6, 6.07) is -0.111. The van der Waals surface area contributed by atoms with Gasteiger partial charge in [-0.2, -0.15) is 0 Å². The van der Waals surface area contributed by atoms with E-state index in [-0.39, 0.29) is 33.7 Å². The van der Waals surface area contributed by atoms with Gasteiger partial charge in [0.25, 0.3) is 0 Å². The van der Waals surface area contributed by atoms with Crippen LogP contribution >= 0.6 is 0 Å². The van der Waals surface area contributed by atoms with E-state index in [4.69, 9.17) is 0 Å². The van der Waals surface area contributed by atoms with Gasteiger partial charge in [-0.3, -0.25) is 0 Å². The van der Waals surface area contributed by atoms with Gasteiger partial charge in [-0.25, -0.2) is 19.4 Å². The molecule has 4 amide bonds. The monoisotopic (exact) mass is 474 g/mol. The fourth-order valence-corrected chi connectivity index (χ4v) is 9.05. The van der Waals surface area contributed by atoms with Crippen molar-refractivity contribution in [3.63, 3.8) is 0 Å². The van der Waals surface area contributed by atoms with Crippen molar-refractivity contribution in [1.29, 1.82) is 0 Å². The molecule has 0 bridgehead atoms. The Morgan fingerprint density at radius 3 is 1.26 bits per heavy atom. The molecule has 2 saturated carbocycles. The van der Waals surface area contributed by atoms with Crippen LogP contribution in [0.3, 0.4) is 0 Å². The van der Waals surface area contributed by atoms with E-state index < -0.39 is 0 Å². The molecule has 0 spiro atoms. The molecule has 2 aliphatic carbocycles. The van der Waals surface area contributed by atoms with Gasteiger partial charge >= 0.3 is 12.1 Å². The molecule has 4 nitrogen and oxygen atoms in total. The van der Waals surface area contributed by atoms with Crippen LogP contribution in [0.5, 0.6) is 0 Å². The average molecular weight is 475 g/mol. The highest BCUT2D eigenvalue weighted by atomic mass is 16.2. The largest absolute Gasteiger partial charge is 0.336 e. The number of hydrogen-bond acceptors (Lipinski definition) is 2. The summed E-state index contributed by atoms with van der Waals surface area (Å²) >= 11 is 0. The number of hydrogen-bond donors (Lipinski definition) is 0. The predicted molar refractivity (Wildman–Crippen MR) is 142 cm³/mol. The van der Waals surface area contributed by atoms with Crippen molar-refractivity contribution in [3.8, 4) is 0 Å². The Hall–Kier alpha value is -1.06. The van der Waals surface area contributed by atoms with Crippen LogP contribution in [0, 0.1) is 45.3 Å². The molecule has 0 radical (unpaired) electrons. The van der Waals surface area contributed by atoms with Crippen LogP contribution in [0.15, 0.2) is 0 Å². The van der Waals surface area contributed by atoms with Crippen molar-refractivity contribution < 1.29 is 9.59 Å². The summed E-state index contributed by atoms with van der Waals surface area (Å²) in [6.07, 6.45) is 9.37. The second kappa shape index (κ2) is 9.43. The van der Waals surface area contributed by atoms with E-state index in [0.717, 1.165) is 25.7 Å².